The third-order valence-electron chi connectivity index (χ3n) is 6.01. The first kappa shape index (κ1) is 18.2. The predicted octanol–water partition coefficient (Wildman–Crippen LogP) is 3.12. The van der Waals surface area contributed by atoms with Crippen LogP contribution in [0.1, 0.15) is 49.6 Å². The summed E-state index contributed by atoms with van der Waals surface area (Å²) in [5.74, 6) is -0.734. The highest BCUT2D eigenvalue weighted by Gasteiger charge is 2.48. The van der Waals surface area contributed by atoms with Crippen molar-refractivity contribution in [2.24, 2.45) is 0 Å². The van der Waals surface area contributed by atoms with E-state index in [0.29, 0.717) is 0 Å². The Morgan fingerprint density at radius 3 is 2.78 bits per heavy atom. The summed E-state index contributed by atoms with van der Waals surface area (Å²) in [5.41, 5.74) is 2.17. The lowest BCUT2D eigenvalue weighted by Crippen LogP contribution is -2.38. The Morgan fingerprint density at radius 2 is 2.11 bits per heavy atom. The third kappa shape index (κ3) is 3.17. The molecule has 0 saturated carbocycles. The van der Waals surface area contributed by atoms with E-state index < -0.39 is 17.3 Å². The number of anilines is 1. The van der Waals surface area contributed by atoms with E-state index in [0.717, 1.165) is 42.8 Å². The number of nitrogens with zero attached hydrogens (tertiary/aromatic N) is 1. The summed E-state index contributed by atoms with van der Waals surface area (Å²) in [6.45, 7) is 5.78. The SMILES string of the molecule is CC1(C)c2cc(F)c(NC(=O)Cc3ccc[nH]3)cc2C(N2CCCC2)C1O. The van der Waals surface area contributed by atoms with Gasteiger partial charge in [-0.3, -0.25) is 9.69 Å². The van der Waals surface area contributed by atoms with Gasteiger partial charge in [0.05, 0.1) is 24.3 Å². The maximum absolute atomic E-state index is 14.7. The Bertz CT molecular complexity index is 841. The molecule has 0 spiro atoms. The Balaban J connectivity index is 1.65. The highest BCUT2D eigenvalue weighted by atomic mass is 19.1. The fraction of sp³-hybridized carbons (Fsp3) is 0.476. The van der Waals surface area contributed by atoms with Gasteiger partial charge in [-0.25, -0.2) is 4.39 Å². The summed E-state index contributed by atoms with van der Waals surface area (Å²) in [6, 6.07) is 6.69. The number of benzene rings is 1. The molecule has 0 bridgehead atoms. The lowest BCUT2D eigenvalue weighted by atomic mass is 9.84. The summed E-state index contributed by atoms with van der Waals surface area (Å²) in [5, 5.41) is 13.7. The molecule has 4 rings (SSSR count). The van der Waals surface area contributed by atoms with Gasteiger partial charge in [-0.15, -0.1) is 0 Å². The summed E-state index contributed by atoms with van der Waals surface area (Å²) in [6.07, 6.45) is 3.53. The van der Waals surface area contributed by atoms with Crippen LogP contribution in [-0.2, 0) is 16.6 Å². The van der Waals surface area contributed by atoms with Crippen molar-refractivity contribution in [2.75, 3.05) is 18.4 Å². The molecule has 1 aromatic carbocycles. The fourth-order valence-electron chi connectivity index (χ4n) is 4.47. The maximum atomic E-state index is 14.7. The van der Waals surface area contributed by atoms with Gasteiger partial charge in [0.25, 0.3) is 0 Å². The molecular formula is C21H26FN3O2. The van der Waals surface area contributed by atoms with E-state index in [-0.39, 0.29) is 24.1 Å². The Hall–Kier alpha value is -2.18. The van der Waals surface area contributed by atoms with Gasteiger partial charge in [0.2, 0.25) is 5.91 Å². The number of aromatic amines is 1. The molecule has 1 aromatic heterocycles. The minimum Gasteiger partial charge on any atom is -0.390 e. The molecule has 2 heterocycles. The number of H-pyrrole nitrogens is 1. The molecule has 3 N–H and O–H groups in total. The molecular weight excluding hydrogens is 345 g/mol. The van der Waals surface area contributed by atoms with Gasteiger partial charge in [-0.05, 0) is 61.3 Å². The molecule has 2 unspecified atom stereocenters. The van der Waals surface area contributed by atoms with Crippen LogP contribution in [0.3, 0.4) is 0 Å². The number of carbonyl (C=O) groups excluding carboxylic acids is 1. The number of carbonyl (C=O) groups is 1. The van der Waals surface area contributed by atoms with E-state index in [2.05, 4.69) is 15.2 Å². The van der Waals surface area contributed by atoms with Gasteiger partial charge in [0, 0.05) is 17.3 Å². The number of hydrogen-bond acceptors (Lipinski definition) is 3. The quantitative estimate of drug-likeness (QED) is 0.773. The van der Waals surface area contributed by atoms with Crippen LogP contribution < -0.4 is 5.32 Å². The van der Waals surface area contributed by atoms with Crippen LogP contribution >= 0.6 is 0 Å². The summed E-state index contributed by atoms with van der Waals surface area (Å²) < 4.78 is 14.7. The topological polar surface area (TPSA) is 68.4 Å². The van der Waals surface area contributed by atoms with Gasteiger partial charge in [0.1, 0.15) is 5.82 Å². The molecule has 1 amide bonds. The fourth-order valence-corrected chi connectivity index (χ4v) is 4.47. The second-order valence-electron chi connectivity index (χ2n) is 8.19. The number of halogens is 1. The van der Waals surface area contributed by atoms with Crippen molar-refractivity contribution in [3.8, 4) is 0 Å². The third-order valence-corrected chi connectivity index (χ3v) is 6.01. The van der Waals surface area contributed by atoms with E-state index >= 15 is 0 Å². The number of rotatable bonds is 4. The van der Waals surface area contributed by atoms with Crippen molar-refractivity contribution >= 4 is 11.6 Å². The van der Waals surface area contributed by atoms with E-state index in [1.54, 1.807) is 12.3 Å². The van der Waals surface area contributed by atoms with E-state index in [9.17, 15) is 14.3 Å². The molecule has 0 radical (unpaired) electrons. The van der Waals surface area contributed by atoms with Crippen LogP contribution in [0.5, 0.6) is 0 Å². The Labute approximate surface area is 158 Å². The number of aromatic nitrogens is 1. The van der Waals surface area contributed by atoms with Gasteiger partial charge >= 0.3 is 0 Å². The minimum atomic E-state index is -0.602. The van der Waals surface area contributed by atoms with Crippen molar-refractivity contribution in [1.29, 1.82) is 0 Å². The zero-order chi connectivity index (χ0) is 19.2. The number of aliphatic hydroxyl groups is 1. The summed E-state index contributed by atoms with van der Waals surface area (Å²) >= 11 is 0. The first-order chi connectivity index (χ1) is 12.9. The highest BCUT2D eigenvalue weighted by Crippen LogP contribution is 2.49. The zero-order valence-corrected chi connectivity index (χ0v) is 15.8. The van der Waals surface area contributed by atoms with Crippen LogP contribution in [0.2, 0.25) is 0 Å². The molecule has 2 aromatic rings. The molecule has 1 fully saturated rings. The molecule has 144 valence electrons. The first-order valence-corrected chi connectivity index (χ1v) is 9.56. The van der Waals surface area contributed by atoms with Crippen molar-refractivity contribution in [3.63, 3.8) is 0 Å². The summed E-state index contributed by atoms with van der Waals surface area (Å²) in [7, 11) is 0. The van der Waals surface area contributed by atoms with Crippen molar-refractivity contribution in [1.82, 2.24) is 9.88 Å². The monoisotopic (exact) mass is 371 g/mol. The first-order valence-electron chi connectivity index (χ1n) is 9.56. The molecule has 6 heteroatoms. The lowest BCUT2D eigenvalue weighted by Gasteiger charge is -2.31. The highest BCUT2D eigenvalue weighted by molar-refractivity contribution is 5.92. The number of fused-ring (bicyclic) bond motifs is 1. The van der Waals surface area contributed by atoms with E-state index in [1.807, 2.05) is 26.0 Å². The van der Waals surface area contributed by atoms with Crippen LogP contribution in [0.4, 0.5) is 10.1 Å². The average molecular weight is 371 g/mol. The normalized spacial score (nSPS) is 24.1. The van der Waals surface area contributed by atoms with Gasteiger partial charge in [-0.1, -0.05) is 13.8 Å². The summed E-state index contributed by atoms with van der Waals surface area (Å²) in [4.78, 5) is 17.6. The second kappa shape index (κ2) is 6.77. The van der Waals surface area contributed by atoms with Crippen molar-refractivity contribution < 1.29 is 14.3 Å². The van der Waals surface area contributed by atoms with Crippen LogP contribution in [0.15, 0.2) is 30.5 Å². The molecule has 27 heavy (non-hydrogen) atoms. The number of amides is 1. The Kier molecular flexibility index (Phi) is 4.56. The lowest BCUT2D eigenvalue weighted by molar-refractivity contribution is -0.115. The molecule has 1 aliphatic carbocycles. The van der Waals surface area contributed by atoms with Crippen LogP contribution in [0, 0.1) is 5.82 Å². The van der Waals surface area contributed by atoms with Crippen LogP contribution in [-0.4, -0.2) is 40.1 Å². The smallest absolute Gasteiger partial charge is 0.230 e. The minimum absolute atomic E-state index is 0.155. The van der Waals surface area contributed by atoms with Crippen molar-refractivity contribution in [2.45, 2.75) is 50.7 Å². The Morgan fingerprint density at radius 1 is 1.37 bits per heavy atom. The van der Waals surface area contributed by atoms with E-state index in [1.165, 1.54) is 6.07 Å². The number of likely N-dealkylation sites (tertiary alicyclic amines) is 1. The second-order valence-corrected chi connectivity index (χ2v) is 8.19. The number of aliphatic hydroxyl groups excluding tert-OH is 1. The average Bonchev–Trinajstić information content (AvgIpc) is 3.33. The van der Waals surface area contributed by atoms with Gasteiger partial charge in [0.15, 0.2) is 0 Å². The van der Waals surface area contributed by atoms with Gasteiger partial charge in [-0.2, -0.15) is 0 Å². The van der Waals surface area contributed by atoms with E-state index in [4.69, 9.17) is 0 Å². The molecule has 1 saturated heterocycles. The maximum Gasteiger partial charge on any atom is 0.230 e. The molecule has 2 atom stereocenters. The molecule has 2 aliphatic rings. The largest absolute Gasteiger partial charge is 0.390 e. The number of hydrogen-bond donors (Lipinski definition) is 3. The van der Waals surface area contributed by atoms with Crippen LogP contribution in [0.25, 0.3) is 0 Å². The van der Waals surface area contributed by atoms with Crippen molar-refractivity contribution in [3.05, 3.63) is 53.1 Å². The van der Waals surface area contributed by atoms with Gasteiger partial charge < -0.3 is 15.4 Å². The zero-order valence-electron chi connectivity index (χ0n) is 15.8. The number of nitrogens with one attached hydrogen (secondary N) is 2. The standard InChI is InChI=1S/C21H26FN3O2/c1-21(2)15-12-16(22)17(24-18(26)10-13-6-5-7-23-13)11-14(15)19(20(21)27)25-8-3-4-9-25/h5-7,11-12,19-20,23,27H,3-4,8-10H2,1-2H3,(H,24,26). The molecule has 5 nitrogen and oxygen atoms in total. The molecule has 1 aliphatic heterocycles. The predicted molar refractivity (Wildman–Crippen MR) is 102 cm³/mol.